The molecule has 2 aromatic rings. The number of non-ortho nitro benzene ring substituents is 1. The van der Waals surface area contributed by atoms with Crippen LogP contribution < -0.4 is 4.90 Å². The smallest absolute Gasteiger partial charge is 0.269 e. The largest absolute Gasteiger partial charge is 0.368 e. The second-order valence-electron chi connectivity index (χ2n) is 7.17. The number of piperazine rings is 1. The van der Waals surface area contributed by atoms with Crippen molar-refractivity contribution in [1.82, 2.24) is 9.88 Å². The molecule has 1 aromatic heterocycles. The Hall–Kier alpha value is -2.48. The Morgan fingerprint density at radius 1 is 1.22 bits per heavy atom. The summed E-state index contributed by atoms with van der Waals surface area (Å²) in [6, 6.07) is 6.57. The van der Waals surface area contributed by atoms with Gasteiger partial charge in [0, 0.05) is 50.4 Å². The van der Waals surface area contributed by atoms with Gasteiger partial charge in [0.25, 0.3) is 11.6 Å². The topological polar surface area (TPSA) is 79.6 Å². The predicted octanol–water partition coefficient (Wildman–Crippen LogP) is 3.52. The second-order valence-corrected chi connectivity index (χ2v) is 8.26. The molecule has 0 spiro atoms. The Kier molecular flexibility index (Phi) is 5.74. The highest BCUT2D eigenvalue weighted by Crippen LogP contribution is 2.24. The van der Waals surface area contributed by atoms with Gasteiger partial charge in [-0.1, -0.05) is 13.8 Å². The van der Waals surface area contributed by atoms with Gasteiger partial charge in [-0.15, -0.1) is 11.3 Å². The molecule has 0 atom stereocenters. The molecule has 2 heterocycles. The van der Waals surface area contributed by atoms with Gasteiger partial charge in [-0.3, -0.25) is 14.9 Å². The number of nitro groups is 1. The number of benzene rings is 1. The van der Waals surface area contributed by atoms with Gasteiger partial charge < -0.3 is 9.80 Å². The Balaban J connectivity index is 1.62. The fraction of sp³-hybridized carbons (Fsp3) is 0.474. The third-order valence-electron chi connectivity index (χ3n) is 4.61. The fourth-order valence-corrected chi connectivity index (χ4v) is 4.43. The quantitative estimate of drug-likeness (QED) is 0.578. The summed E-state index contributed by atoms with van der Waals surface area (Å²) < 4.78 is 0. The molecule has 0 bridgehead atoms. The van der Waals surface area contributed by atoms with E-state index in [1.54, 1.807) is 12.1 Å². The molecule has 0 unspecified atom stereocenters. The molecular weight excluding hydrogens is 364 g/mol. The molecule has 3 rings (SSSR count). The van der Waals surface area contributed by atoms with Gasteiger partial charge in [-0.05, 0) is 25.0 Å². The molecule has 144 valence electrons. The number of rotatable bonds is 5. The number of amides is 1. The summed E-state index contributed by atoms with van der Waals surface area (Å²) >= 11 is 1.51. The van der Waals surface area contributed by atoms with E-state index >= 15 is 0 Å². The Morgan fingerprint density at radius 2 is 1.85 bits per heavy atom. The zero-order valence-corrected chi connectivity index (χ0v) is 16.7. The van der Waals surface area contributed by atoms with Crippen LogP contribution >= 0.6 is 11.3 Å². The number of carbonyl (C=O) groups is 1. The van der Waals surface area contributed by atoms with E-state index in [4.69, 9.17) is 0 Å². The predicted molar refractivity (Wildman–Crippen MR) is 107 cm³/mol. The van der Waals surface area contributed by atoms with E-state index in [1.807, 2.05) is 11.8 Å². The van der Waals surface area contributed by atoms with E-state index in [-0.39, 0.29) is 11.6 Å². The summed E-state index contributed by atoms with van der Waals surface area (Å²) in [7, 11) is 0. The van der Waals surface area contributed by atoms with Gasteiger partial charge in [0.05, 0.1) is 15.6 Å². The molecule has 1 aliphatic heterocycles. The standard InChI is InChI=1S/C19H24N4O3S/c1-13(2)12-17-20-14(3)18(27-17)19(24)22-10-8-21(9-11-22)15-4-6-16(7-5-15)23(25)26/h4-7,13H,8-12H2,1-3H3. The third-order valence-corrected chi connectivity index (χ3v) is 5.78. The van der Waals surface area contributed by atoms with Crippen LogP contribution in [0.2, 0.25) is 0 Å². The number of thiazole rings is 1. The van der Waals surface area contributed by atoms with Gasteiger partial charge in [-0.25, -0.2) is 4.98 Å². The number of aromatic nitrogens is 1. The number of nitro benzene ring substituents is 1. The molecule has 7 nitrogen and oxygen atoms in total. The van der Waals surface area contributed by atoms with Crippen molar-refractivity contribution in [1.29, 1.82) is 0 Å². The van der Waals surface area contributed by atoms with Crippen molar-refractivity contribution in [3.8, 4) is 0 Å². The van der Waals surface area contributed by atoms with Crippen LogP contribution in [0.15, 0.2) is 24.3 Å². The van der Waals surface area contributed by atoms with Crippen LogP contribution in [-0.2, 0) is 6.42 Å². The summed E-state index contributed by atoms with van der Waals surface area (Å²) in [4.78, 5) is 32.6. The first kappa shape index (κ1) is 19.3. The second kappa shape index (κ2) is 8.04. The maximum atomic E-state index is 12.9. The van der Waals surface area contributed by atoms with Gasteiger partial charge in [0.15, 0.2) is 0 Å². The lowest BCUT2D eigenvalue weighted by Crippen LogP contribution is -2.48. The van der Waals surface area contributed by atoms with Crippen molar-refractivity contribution in [2.24, 2.45) is 5.92 Å². The zero-order chi connectivity index (χ0) is 19.6. The minimum absolute atomic E-state index is 0.0587. The van der Waals surface area contributed by atoms with Crippen LogP contribution in [0, 0.1) is 23.0 Å². The first-order valence-corrected chi connectivity index (χ1v) is 9.91. The lowest BCUT2D eigenvalue weighted by molar-refractivity contribution is -0.384. The van der Waals surface area contributed by atoms with E-state index in [9.17, 15) is 14.9 Å². The number of hydrogen-bond donors (Lipinski definition) is 0. The minimum atomic E-state index is -0.397. The normalized spacial score (nSPS) is 14.7. The van der Waals surface area contributed by atoms with Gasteiger partial charge >= 0.3 is 0 Å². The number of aryl methyl sites for hydroxylation is 1. The number of carbonyl (C=O) groups excluding carboxylic acids is 1. The maximum Gasteiger partial charge on any atom is 0.269 e. The lowest BCUT2D eigenvalue weighted by Gasteiger charge is -2.36. The Morgan fingerprint density at radius 3 is 2.41 bits per heavy atom. The highest BCUT2D eigenvalue weighted by Gasteiger charge is 2.25. The van der Waals surface area contributed by atoms with Crippen molar-refractivity contribution < 1.29 is 9.72 Å². The first-order chi connectivity index (χ1) is 12.8. The van der Waals surface area contributed by atoms with Crippen molar-refractivity contribution >= 4 is 28.6 Å². The molecule has 1 aromatic carbocycles. The molecule has 1 amide bonds. The molecule has 0 saturated carbocycles. The van der Waals surface area contributed by atoms with Crippen molar-refractivity contribution in [3.05, 3.63) is 50.0 Å². The Labute approximate surface area is 162 Å². The molecular formula is C19H24N4O3S. The first-order valence-electron chi connectivity index (χ1n) is 9.10. The molecule has 1 aliphatic rings. The molecule has 27 heavy (non-hydrogen) atoms. The Bertz CT molecular complexity index is 824. The number of hydrogen-bond acceptors (Lipinski definition) is 6. The average Bonchev–Trinajstić information content (AvgIpc) is 3.00. The van der Waals surface area contributed by atoms with Gasteiger partial charge in [-0.2, -0.15) is 0 Å². The van der Waals surface area contributed by atoms with E-state index in [1.165, 1.54) is 23.5 Å². The molecule has 1 fully saturated rings. The van der Waals surface area contributed by atoms with E-state index < -0.39 is 4.92 Å². The van der Waals surface area contributed by atoms with Gasteiger partial charge in [0.2, 0.25) is 0 Å². The van der Waals surface area contributed by atoms with Crippen LogP contribution in [0.25, 0.3) is 0 Å². The third kappa shape index (κ3) is 4.44. The summed E-state index contributed by atoms with van der Waals surface area (Å²) in [6.07, 6.45) is 0.896. The summed E-state index contributed by atoms with van der Waals surface area (Å²) in [6.45, 7) is 8.88. The van der Waals surface area contributed by atoms with Crippen LogP contribution in [0.3, 0.4) is 0 Å². The van der Waals surface area contributed by atoms with Crippen molar-refractivity contribution in [2.45, 2.75) is 27.2 Å². The lowest BCUT2D eigenvalue weighted by atomic mass is 10.1. The summed E-state index contributed by atoms with van der Waals surface area (Å²) in [5.74, 6) is 0.576. The SMILES string of the molecule is Cc1nc(CC(C)C)sc1C(=O)N1CCN(c2ccc([N+](=O)[O-])cc2)CC1. The number of nitrogens with zero attached hydrogens (tertiary/aromatic N) is 4. The zero-order valence-electron chi connectivity index (χ0n) is 15.8. The van der Waals surface area contributed by atoms with E-state index in [0.717, 1.165) is 27.7 Å². The molecule has 0 N–H and O–H groups in total. The van der Waals surface area contributed by atoms with Crippen LogP contribution in [0.1, 0.15) is 34.2 Å². The van der Waals surface area contributed by atoms with Gasteiger partial charge in [0.1, 0.15) is 4.88 Å². The van der Waals surface area contributed by atoms with Crippen molar-refractivity contribution in [3.63, 3.8) is 0 Å². The van der Waals surface area contributed by atoms with E-state index in [2.05, 4.69) is 23.7 Å². The molecule has 0 radical (unpaired) electrons. The summed E-state index contributed by atoms with van der Waals surface area (Å²) in [5.41, 5.74) is 1.85. The molecule has 8 heteroatoms. The number of anilines is 1. The highest BCUT2D eigenvalue weighted by molar-refractivity contribution is 7.13. The summed E-state index contributed by atoms with van der Waals surface area (Å²) in [5, 5.41) is 11.8. The fourth-order valence-electron chi connectivity index (χ4n) is 3.18. The minimum Gasteiger partial charge on any atom is -0.368 e. The maximum absolute atomic E-state index is 12.9. The van der Waals surface area contributed by atoms with E-state index in [0.29, 0.717) is 32.1 Å². The average molecular weight is 388 g/mol. The van der Waals surface area contributed by atoms with Crippen LogP contribution in [0.5, 0.6) is 0 Å². The molecule has 1 saturated heterocycles. The van der Waals surface area contributed by atoms with Crippen LogP contribution in [-0.4, -0.2) is 46.9 Å². The highest BCUT2D eigenvalue weighted by atomic mass is 32.1. The molecule has 0 aliphatic carbocycles. The monoisotopic (exact) mass is 388 g/mol. The van der Waals surface area contributed by atoms with Crippen LogP contribution in [0.4, 0.5) is 11.4 Å². The van der Waals surface area contributed by atoms with Crippen molar-refractivity contribution in [2.75, 3.05) is 31.1 Å².